The Labute approximate surface area is 163 Å². The van der Waals surface area contributed by atoms with Crippen molar-refractivity contribution in [2.24, 2.45) is 0 Å². The summed E-state index contributed by atoms with van der Waals surface area (Å²) in [5, 5.41) is 2.11. The molecule has 138 valence electrons. The number of hydrogen-bond donors (Lipinski definition) is 0. The van der Waals surface area contributed by atoms with Gasteiger partial charge in [-0.2, -0.15) is 0 Å². The number of carbonyl (C=O) groups is 1. The zero-order valence-corrected chi connectivity index (χ0v) is 16.2. The van der Waals surface area contributed by atoms with Gasteiger partial charge in [0.2, 0.25) is 0 Å². The highest BCUT2D eigenvalue weighted by Gasteiger charge is 2.33. The van der Waals surface area contributed by atoms with Gasteiger partial charge in [-0.3, -0.25) is 4.79 Å². The zero-order valence-electron chi connectivity index (χ0n) is 15.3. The molecule has 1 amide bonds. The summed E-state index contributed by atoms with van der Waals surface area (Å²) in [6, 6.07) is 17.4. The maximum atomic E-state index is 13.3. The molecule has 0 fully saturated rings. The predicted molar refractivity (Wildman–Crippen MR) is 107 cm³/mol. The maximum absolute atomic E-state index is 13.3. The summed E-state index contributed by atoms with van der Waals surface area (Å²) in [5.74, 6) is 1.60. The summed E-state index contributed by atoms with van der Waals surface area (Å²) in [7, 11) is 3.28. The second-order valence-electron chi connectivity index (χ2n) is 6.45. The van der Waals surface area contributed by atoms with E-state index in [1.54, 1.807) is 25.6 Å². The molecule has 0 saturated carbocycles. The van der Waals surface area contributed by atoms with E-state index >= 15 is 0 Å². The van der Waals surface area contributed by atoms with Crippen LogP contribution < -0.4 is 9.47 Å². The van der Waals surface area contributed by atoms with Crippen LogP contribution in [-0.4, -0.2) is 31.6 Å². The normalized spacial score (nSPS) is 15.9. The Kier molecular flexibility index (Phi) is 4.86. The molecule has 27 heavy (non-hydrogen) atoms. The minimum Gasteiger partial charge on any atom is -0.497 e. The predicted octanol–water partition coefficient (Wildman–Crippen LogP) is 4.55. The lowest BCUT2D eigenvalue weighted by Crippen LogP contribution is -2.40. The van der Waals surface area contributed by atoms with Crippen molar-refractivity contribution in [2.75, 3.05) is 20.8 Å². The fourth-order valence-corrected chi connectivity index (χ4v) is 4.48. The molecule has 1 atom stereocenters. The number of carbonyl (C=O) groups excluding carboxylic acids is 1. The van der Waals surface area contributed by atoms with E-state index in [2.05, 4.69) is 11.4 Å². The van der Waals surface area contributed by atoms with Crippen molar-refractivity contribution in [3.63, 3.8) is 0 Å². The Balaban J connectivity index is 1.72. The lowest BCUT2D eigenvalue weighted by atomic mass is 9.92. The average Bonchev–Trinajstić information content (AvgIpc) is 3.21. The van der Waals surface area contributed by atoms with Crippen molar-refractivity contribution in [3.05, 3.63) is 81.5 Å². The molecule has 3 aromatic rings. The number of methoxy groups -OCH3 is 2. The molecular weight excluding hydrogens is 358 g/mol. The van der Waals surface area contributed by atoms with Gasteiger partial charge in [-0.15, -0.1) is 11.3 Å². The van der Waals surface area contributed by atoms with Gasteiger partial charge in [0, 0.05) is 17.0 Å². The summed E-state index contributed by atoms with van der Waals surface area (Å²) in [6.07, 6.45) is 0.890. The summed E-state index contributed by atoms with van der Waals surface area (Å²) < 4.78 is 10.5. The summed E-state index contributed by atoms with van der Waals surface area (Å²) in [4.78, 5) is 16.6. The number of benzene rings is 2. The molecule has 1 aliphatic rings. The highest BCUT2D eigenvalue weighted by molar-refractivity contribution is 7.10. The van der Waals surface area contributed by atoms with E-state index in [0.717, 1.165) is 23.5 Å². The highest BCUT2D eigenvalue weighted by Crippen LogP contribution is 2.39. The molecule has 1 aromatic heterocycles. The number of hydrogen-bond acceptors (Lipinski definition) is 4. The van der Waals surface area contributed by atoms with Gasteiger partial charge < -0.3 is 14.4 Å². The van der Waals surface area contributed by atoms with E-state index in [0.29, 0.717) is 12.1 Å². The third-order valence-electron chi connectivity index (χ3n) is 5.00. The van der Waals surface area contributed by atoms with E-state index in [1.165, 1.54) is 10.4 Å². The Morgan fingerprint density at radius 3 is 2.22 bits per heavy atom. The topological polar surface area (TPSA) is 38.8 Å². The molecule has 4 nitrogen and oxygen atoms in total. The van der Waals surface area contributed by atoms with Gasteiger partial charge in [-0.05, 0) is 65.4 Å². The smallest absolute Gasteiger partial charge is 0.254 e. The lowest BCUT2D eigenvalue weighted by molar-refractivity contribution is 0.0696. The summed E-state index contributed by atoms with van der Waals surface area (Å²) >= 11 is 1.77. The molecule has 0 spiro atoms. The SMILES string of the molecule is COc1ccc(C(=O)N2CCc3sccc3[C@H]2c2ccc(OC)cc2)cc1. The van der Waals surface area contributed by atoms with Crippen molar-refractivity contribution in [2.45, 2.75) is 12.5 Å². The van der Waals surface area contributed by atoms with Crippen LogP contribution in [-0.2, 0) is 6.42 Å². The fraction of sp³-hybridized carbons (Fsp3) is 0.227. The second kappa shape index (κ2) is 7.45. The molecule has 4 rings (SSSR count). The monoisotopic (exact) mass is 379 g/mol. The third-order valence-corrected chi connectivity index (χ3v) is 5.99. The van der Waals surface area contributed by atoms with Crippen LogP contribution in [0, 0.1) is 0 Å². The first-order valence-corrected chi connectivity index (χ1v) is 9.74. The van der Waals surface area contributed by atoms with E-state index < -0.39 is 0 Å². The summed E-state index contributed by atoms with van der Waals surface area (Å²) in [6.45, 7) is 0.703. The first kappa shape index (κ1) is 17.6. The van der Waals surface area contributed by atoms with E-state index in [9.17, 15) is 4.79 Å². The van der Waals surface area contributed by atoms with Crippen LogP contribution in [0.15, 0.2) is 60.0 Å². The molecule has 0 bridgehead atoms. The number of thiophene rings is 1. The minimum atomic E-state index is -0.0829. The Bertz CT molecular complexity index is 931. The Morgan fingerprint density at radius 1 is 0.963 bits per heavy atom. The molecule has 5 heteroatoms. The van der Waals surface area contributed by atoms with Crippen LogP contribution in [0.4, 0.5) is 0 Å². The van der Waals surface area contributed by atoms with Gasteiger partial charge >= 0.3 is 0 Å². The van der Waals surface area contributed by atoms with E-state index in [4.69, 9.17) is 9.47 Å². The van der Waals surface area contributed by atoms with Crippen LogP contribution in [0.5, 0.6) is 11.5 Å². The van der Waals surface area contributed by atoms with Gasteiger partial charge in [-0.1, -0.05) is 12.1 Å². The molecular formula is C22H21NO3S. The zero-order chi connectivity index (χ0) is 18.8. The maximum Gasteiger partial charge on any atom is 0.254 e. The Morgan fingerprint density at radius 2 is 1.59 bits per heavy atom. The standard InChI is InChI=1S/C22H21NO3S/c1-25-17-7-3-15(4-8-17)21-19-12-14-27-20(19)11-13-23(21)22(24)16-5-9-18(26-2)10-6-16/h3-10,12,14,21H,11,13H2,1-2H3/t21-/m1/s1. The van der Waals surface area contributed by atoms with Crippen molar-refractivity contribution >= 4 is 17.2 Å². The molecule has 0 unspecified atom stereocenters. The summed E-state index contributed by atoms with van der Waals surface area (Å²) in [5.41, 5.74) is 2.99. The van der Waals surface area contributed by atoms with Gasteiger partial charge in [0.1, 0.15) is 11.5 Å². The molecule has 2 heterocycles. The lowest BCUT2D eigenvalue weighted by Gasteiger charge is -2.36. The average molecular weight is 379 g/mol. The first-order chi connectivity index (χ1) is 13.2. The molecule has 0 aliphatic carbocycles. The van der Waals surface area contributed by atoms with E-state index in [1.807, 2.05) is 53.4 Å². The van der Waals surface area contributed by atoms with Gasteiger partial charge in [-0.25, -0.2) is 0 Å². The van der Waals surface area contributed by atoms with Crippen molar-refractivity contribution < 1.29 is 14.3 Å². The molecule has 0 N–H and O–H groups in total. The largest absolute Gasteiger partial charge is 0.497 e. The molecule has 1 aliphatic heterocycles. The van der Waals surface area contributed by atoms with Crippen LogP contribution >= 0.6 is 11.3 Å². The quantitative estimate of drug-likeness (QED) is 0.667. The first-order valence-electron chi connectivity index (χ1n) is 8.86. The number of amides is 1. The van der Waals surface area contributed by atoms with E-state index in [-0.39, 0.29) is 11.9 Å². The molecule has 0 radical (unpaired) electrons. The minimum absolute atomic E-state index is 0.0373. The Hall–Kier alpha value is -2.79. The number of nitrogens with zero attached hydrogens (tertiary/aromatic N) is 1. The van der Waals surface area contributed by atoms with Gasteiger partial charge in [0.05, 0.1) is 20.3 Å². The van der Waals surface area contributed by atoms with Crippen molar-refractivity contribution in [1.29, 1.82) is 0 Å². The van der Waals surface area contributed by atoms with Crippen LogP contribution in [0.3, 0.4) is 0 Å². The van der Waals surface area contributed by atoms with Gasteiger partial charge in [0.25, 0.3) is 5.91 Å². The number of fused-ring (bicyclic) bond motifs is 1. The van der Waals surface area contributed by atoms with Crippen LogP contribution in [0.25, 0.3) is 0 Å². The fourth-order valence-electron chi connectivity index (χ4n) is 3.58. The third kappa shape index (κ3) is 3.30. The molecule has 0 saturated heterocycles. The molecule has 2 aromatic carbocycles. The number of ether oxygens (including phenoxy) is 2. The van der Waals surface area contributed by atoms with Crippen LogP contribution in [0.2, 0.25) is 0 Å². The van der Waals surface area contributed by atoms with Gasteiger partial charge in [0.15, 0.2) is 0 Å². The highest BCUT2D eigenvalue weighted by atomic mass is 32.1. The van der Waals surface area contributed by atoms with Crippen LogP contribution in [0.1, 0.15) is 32.4 Å². The second-order valence-corrected chi connectivity index (χ2v) is 7.45. The van der Waals surface area contributed by atoms with Crippen molar-refractivity contribution in [1.82, 2.24) is 4.90 Å². The van der Waals surface area contributed by atoms with Crippen molar-refractivity contribution in [3.8, 4) is 11.5 Å². The number of rotatable bonds is 4.